The Morgan fingerprint density at radius 3 is 2.85 bits per heavy atom. The summed E-state index contributed by atoms with van der Waals surface area (Å²) in [4.78, 5) is 8.90. The van der Waals surface area contributed by atoms with Gasteiger partial charge in [-0.05, 0) is 13.3 Å². The summed E-state index contributed by atoms with van der Waals surface area (Å²) in [5.74, 6) is 1.41. The van der Waals surface area contributed by atoms with Crippen LogP contribution in [0.1, 0.15) is 26.1 Å². The number of hydrogen-bond acceptors (Lipinski definition) is 6. The average molecular weight is 276 g/mol. The van der Waals surface area contributed by atoms with E-state index in [9.17, 15) is 0 Å². The van der Waals surface area contributed by atoms with Crippen molar-refractivity contribution in [3.63, 3.8) is 0 Å². The van der Waals surface area contributed by atoms with E-state index in [-0.39, 0.29) is 0 Å². The van der Waals surface area contributed by atoms with E-state index in [2.05, 4.69) is 32.5 Å². The molecule has 0 aromatic carbocycles. The summed E-state index contributed by atoms with van der Waals surface area (Å²) in [7, 11) is 1.83. The summed E-state index contributed by atoms with van der Waals surface area (Å²) in [5.41, 5.74) is 1.70. The van der Waals surface area contributed by atoms with Crippen LogP contribution in [0.15, 0.2) is 12.3 Å². The molecule has 0 spiro atoms. The maximum atomic E-state index is 5.38. The van der Waals surface area contributed by atoms with Gasteiger partial charge in [-0.15, -0.1) is 5.10 Å². The number of hydrogen-bond donors (Lipinski definition) is 1. The van der Waals surface area contributed by atoms with Gasteiger partial charge in [0.1, 0.15) is 18.1 Å². The Balaban J connectivity index is 2.36. The van der Waals surface area contributed by atoms with Crippen LogP contribution in [0.5, 0.6) is 0 Å². The summed E-state index contributed by atoms with van der Waals surface area (Å²) >= 11 is 0. The summed E-state index contributed by atoms with van der Waals surface area (Å²) in [6.45, 7) is 5.90. The van der Waals surface area contributed by atoms with Gasteiger partial charge in [-0.25, -0.2) is 14.6 Å². The normalized spacial score (nSPS) is 10.8. The van der Waals surface area contributed by atoms with E-state index in [1.165, 1.54) is 0 Å². The van der Waals surface area contributed by atoms with Crippen LogP contribution in [0.3, 0.4) is 0 Å². The number of nitrogens with zero attached hydrogens (tertiary/aromatic N) is 5. The summed E-state index contributed by atoms with van der Waals surface area (Å²) < 4.78 is 7.23. The summed E-state index contributed by atoms with van der Waals surface area (Å²) in [5, 5.41) is 11.1. The minimum atomic E-state index is 0.397. The lowest BCUT2D eigenvalue weighted by atomic mass is 10.3. The van der Waals surface area contributed by atoms with E-state index >= 15 is 0 Å². The quantitative estimate of drug-likeness (QED) is 0.829. The van der Waals surface area contributed by atoms with Gasteiger partial charge in [0.15, 0.2) is 5.82 Å². The van der Waals surface area contributed by atoms with Crippen molar-refractivity contribution in [3.8, 4) is 11.4 Å². The molecule has 7 heteroatoms. The first-order chi connectivity index (χ1) is 9.78. The Morgan fingerprint density at radius 2 is 2.15 bits per heavy atom. The highest BCUT2D eigenvalue weighted by Gasteiger charge is 2.11. The monoisotopic (exact) mass is 276 g/mol. The molecule has 2 heterocycles. The molecule has 1 N–H and O–H groups in total. The maximum Gasteiger partial charge on any atom is 0.157 e. The van der Waals surface area contributed by atoms with Crippen LogP contribution in [-0.4, -0.2) is 38.6 Å². The summed E-state index contributed by atoms with van der Waals surface area (Å²) in [6.07, 6.45) is 2.72. The zero-order valence-electron chi connectivity index (χ0n) is 12.1. The fraction of sp³-hybridized carbons (Fsp3) is 0.538. The van der Waals surface area contributed by atoms with Crippen molar-refractivity contribution in [3.05, 3.63) is 18.1 Å². The van der Waals surface area contributed by atoms with Gasteiger partial charge in [-0.3, -0.25) is 0 Å². The minimum absolute atomic E-state index is 0.397. The van der Waals surface area contributed by atoms with Crippen molar-refractivity contribution >= 4 is 5.82 Å². The lowest BCUT2D eigenvalue weighted by Gasteiger charge is -2.09. The Kier molecular flexibility index (Phi) is 5.00. The Morgan fingerprint density at radius 1 is 1.30 bits per heavy atom. The summed E-state index contributed by atoms with van der Waals surface area (Å²) in [6, 6.07) is 1.89. The number of ether oxygens (including phenoxy) is 1. The number of anilines is 1. The molecular formula is C13H20N6O. The molecular weight excluding hydrogens is 256 g/mol. The average Bonchev–Trinajstić information content (AvgIpc) is 2.93. The first-order valence-electron chi connectivity index (χ1n) is 6.80. The molecule has 2 rings (SSSR count). The fourth-order valence-electron chi connectivity index (χ4n) is 1.85. The largest absolute Gasteiger partial charge is 0.374 e. The van der Waals surface area contributed by atoms with Gasteiger partial charge in [-0.1, -0.05) is 12.1 Å². The molecule has 0 aliphatic rings. The van der Waals surface area contributed by atoms with Crippen molar-refractivity contribution < 1.29 is 4.74 Å². The highest BCUT2D eigenvalue weighted by molar-refractivity contribution is 5.57. The van der Waals surface area contributed by atoms with E-state index in [4.69, 9.17) is 4.74 Å². The van der Waals surface area contributed by atoms with Crippen LogP contribution in [0, 0.1) is 0 Å². The molecule has 2 aromatic rings. The standard InChI is InChI=1S/C13H20N6O/c1-4-6-19-11(8-15-18-19)10-7-12(14-3)17-13(16-10)9-20-5-2/h7-8H,4-6,9H2,1-3H3,(H,14,16,17). The lowest BCUT2D eigenvalue weighted by molar-refractivity contribution is 0.128. The number of aryl methyl sites for hydroxylation is 1. The zero-order valence-corrected chi connectivity index (χ0v) is 12.1. The first kappa shape index (κ1) is 14.4. The van der Waals surface area contributed by atoms with Gasteiger partial charge in [-0.2, -0.15) is 0 Å². The third-order valence-corrected chi connectivity index (χ3v) is 2.78. The maximum absolute atomic E-state index is 5.38. The number of nitrogens with one attached hydrogen (secondary N) is 1. The highest BCUT2D eigenvalue weighted by atomic mass is 16.5. The molecule has 108 valence electrons. The molecule has 0 fully saturated rings. The first-order valence-corrected chi connectivity index (χ1v) is 6.80. The fourth-order valence-corrected chi connectivity index (χ4v) is 1.85. The zero-order chi connectivity index (χ0) is 14.4. The van der Waals surface area contributed by atoms with Crippen LogP contribution >= 0.6 is 0 Å². The predicted molar refractivity (Wildman–Crippen MR) is 76.2 cm³/mol. The van der Waals surface area contributed by atoms with E-state index in [1.54, 1.807) is 6.20 Å². The van der Waals surface area contributed by atoms with E-state index in [0.29, 0.717) is 19.0 Å². The Labute approximate surface area is 118 Å². The van der Waals surface area contributed by atoms with E-state index in [0.717, 1.165) is 30.2 Å². The third kappa shape index (κ3) is 3.30. The lowest BCUT2D eigenvalue weighted by Crippen LogP contribution is -2.07. The molecule has 0 saturated carbocycles. The molecule has 0 atom stereocenters. The van der Waals surface area contributed by atoms with Gasteiger partial charge < -0.3 is 10.1 Å². The van der Waals surface area contributed by atoms with Gasteiger partial charge in [0.2, 0.25) is 0 Å². The molecule has 2 aromatic heterocycles. The molecule has 7 nitrogen and oxygen atoms in total. The van der Waals surface area contributed by atoms with Gasteiger partial charge >= 0.3 is 0 Å². The molecule has 20 heavy (non-hydrogen) atoms. The van der Waals surface area contributed by atoms with E-state index < -0.39 is 0 Å². The molecule has 0 unspecified atom stereocenters. The van der Waals surface area contributed by atoms with Crippen LogP contribution < -0.4 is 5.32 Å². The van der Waals surface area contributed by atoms with Crippen molar-refractivity contribution in [1.82, 2.24) is 25.0 Å². The molecule has 0 aliphatic carbocycles. The van der Waals surface area contributed by atoms with Crippen molar-refractivity contribution in [1.29, 1.82) is 0 Å². The predicted octanol–water partition coefficient (Wildman–Crippen LogP) is 1.72. The number of rotatable bonds is 7. The Bertz CT molecular complexity index is 554. The van der Waals surface area contributed by atoms with Crippen LogP contribution in [-0.2, 0) is 17.9 Å². The second kappa shape index (κ2) is 6.95. The molecule has 0 bridgehead atoms. The second-order valence-corrected chi connectivity index (χ2v) is 4.28. The molecule has 0 aliphatic heterocycles. The SMILES string of the molecule is CCCn1nncc1-c1cc(NC)nc(COCC)n1. The molecule has 0 amide bonds. The molecule has 0 saturated heterocycles. The van der Waals surface area contributed by atoms with Crippen molar-refractivity contribution in [2.75, 3.05) is 19.0 Å². The van der Waals surface area contributed by atoms with Crippen molar-refractivity contribution in [2.45, 2.75) is 33.4 Å². The minimum Gasteiger partial charge on any atom is -0.374 e. The van der Waals surface area contributed by atoms with Gasteiger partial charge in [0, 0.05) is 26.3 Å². The van der Waals surface area contributed by atoms with Crippen LogP contribution in [0.4, 0.5) is 5.82 Å². The topological polar surface area (TPSA) is 77.8 Å². The second-order valence-electron chi connectivity index (χ2n) is 4.28. The Hall–Kier alpha value is -2.02. The third-order valence-electron chi connectivity index (χ3n) is 2.78. The number of aromatic nitrogens is 5. The highest BCUT2D eigenvalue weighted by Crippen LogP contribution is 2.19. The van der Waals surface area contributed by atoms with Gasteiger partial charge in [0.25, 0.3) is 0 Å². The smallest absolute Gasteiger partial charge is 0.157 e. The molecule has 0 radical (unpaired) electrons. The van der Waals surface area contributed by atoms with Crippen LogP contribution in [0.2, 0.25) is 0 Å². The van der Waals surface area contributed by atoms with Gasteiger partial charge in [0.05, 0.1) is 11.9 Å². The van der Waals surface area contributed by atoms with Crippen LogP contribution in [0.25, 0.3) is 11.4 Å². The van der Waals surface area contributed by atoms with E-state index in [1.807, 2.05) is 24.7 Å². The van der Waals surface area contributed by atoms with Crippen molar-refractivity contribution in [2.24, 2.45) is 0 Å².